The third-order valence-electron chi connectivity index (χ3n) is 1.88. The number of aryl methyl sites for hydroxylation is 2. The lowest BCUT2D eigenvalue weighted by Crippen LogP contribution is -1.75. The Morgan fingerprint density at radius 1 is 1.18 bits per heavy atom. The zero-order valence-corrected chi connectivity index (χ0v) is 6.63. The van der Waals surface area contributed by atoms with Gasteiger partial charge in [0.05, 0.1) is 0 Å². The summed E-state index contributed by atoms with van der Waals surface area (Å²) in [6.07, 6.45) is 0. The second-order valence-corrected chi connectivity index (χ2v) is 2.55. The molecule has 2 rings (SSSR count). The van der Waals surface area contributed by atoms with Gasteiger partial charge in [-0.3, -0.25) is 0 Å². The van der Waals surface area contributed by atoms with Crippen molar-refractivity contribution >= 4 is 7.69 Å². The van der Waals surface area contributed by atoms with Crippen LogP contribution in [0, 0.1) is 13.8 Å². The topological polar surface area (TPSA) is 40.5 Å². The molecule has 1 radical (unpaired) electrons. The maximum Gasteiger partial charge on any atom is 0.482 e. The van der Waals surface area contributed by atoms with Crippen molar-refractivity contribution in [3.63, 3.8) is 0 Å². The molecule has 2 nitrogen and oxygen atoms in total. The van der Waals surface area contributed by atoms with Crippen LogP contribution in [0.15, 0.2) is 12.1 Å². The third-order valence-corrected chi connectivity index (χ3v) is 1.88. The van der Waals surface area contributed by atoms with Gasteiger partial charge in [0, 0.05) is 0 Å². The zero-order chi connectivity index (χ0) is 8.43. The average molecular weight is 149 g/mol. The Hall–Kier alpha value is -0.795. The van der Waals surface area contributed by atoms with Crippen molar-refractivity contribution in [2.75, 3.05) is 0 Å². The Bertz CT molecular complexity index is 271. The van der Waals surface area contributed by atoms with Gasteiger partial charge >= 0.3 is 7.69 Å². The van der Waals surface area contributed by atoms with Gasteiger partial charge in [0.25, 0.3) is 0 Å². The van der Waals surface area contributed by atoms with E-state index in [1.807, 2.05) is 0 Å². The number of fused-ring (bicyclic) bond motifs is 1. The molecule has 0 spiro atoms. The van der Waals surface area contributed by atoms with Crippen molar-refractivity contribution < 1.29 is 10.0 Å². The fourth-order valence-corrected chi connectivity index (χ4v) is 1.31. The van der Waals surface area contributed by atoms with Crippen LogP contribution in [-0.4, -0.2) is 17.7 Å². The summed E-state index contributed by atoms with van der Waals surface area (Å²) >= 11 is 0. The van der Waals surface area contributed by atoms with E-state index >= 15 is 0 Å². The van der Waals surface area contributed by atoms with Crippen molar-refractivity contribution in [3.05, 3.63) is 23.3 Å². The van der Waals surface area contributed by atoms with E-state index < -0.39 is 0 Å². The van der Waals surface area contributed by atoms with Gasteiger partial charge in [-0.2, -0.15) is 0 Å². The molecule has 0 saturated heterocycles. The lowest BCUT2D eigenvalue weighted by molar-refractivity contribution is 0.448. The first-order valence-corrected chi connectivity index (χ1v) is 3.43. The molecule has 11 heavy (non-hydrogen) atoms. The van der Waals surface area contributed by atoms with Crippen molar-refractivity contribution in [2.45, 2.75) is 13.8 Å². The summed E-state index contributed by atoms with van der Waals surface area (Å²) in [7, 11) is 0. The molecule has 0 fully saturated rings. The van der Waals surface area contributed by atoms with Crippen molar-refractivity contribution in [1.29, 1.82) is 0 Å². The van der Waals surface area contributed by atoms with Crippen LogP contribution >= 0.6 is 0 Å². The summed E-state index contributed by atoms with van der Waals surface area (Å²) in [6, 6.07) is 4.37. The molecular formula is C8H10BO2. The molecule has 2 aliphatic rings. The van der Waals surface area contributed by atoms with E-state index in [0.717, 1.165) is 0 Å². The summed E-state index contributed by atoms with van der Waals surface area (Å²) in [4.78, 5) is 0. The van der Waals surface area contributed by atoms with Crippen molar-refractivity contribution in [3.8, 4) is 11.1 Å². The molecule has 0 atom stereocenters. The maximum absolute atomic E-state index is 7.00. The molecule has 0 saturated carbocycles. The second kappa shape index (κ2) is 3.07. The predicted octanol–water partition coefficient (Wildman–Crippen LogP) is 0.789. The molecule has 0 aromatic rings. The summed E-state index contributed by atoms with van der Waals surface area (Å²) in [5, 5.41) is 14.0. The van der Waals surface area contributed by atoms with Gasteiger partial charge in [0.15, 0.2) is 0 Å². The van der Waals surface area contributed by atoms with E-state index in [0.29, 0.717) is 0 Å². The standard InChI is InChI=1S/C8H8.BH2O2/c1-5-3-4-7-6(2)8(5)7;2-1-3/h3-4H,1-2H3;2-3H. The molecule has 0 aliphatic heterocycles. The minimum Gasteiger partial charge on any atom is -0.429 e. The molecule has 57 valence electrons. The number of benzene rings is 1. The van der Waals surface area contributed by atoms with Crippen LogP contribution in [0.1, 0.15) is 11.1 Å². The third kappa shape index (κ3) is 1.44. The first-order valence-electron chi connectivity index (χ1n) is 3.43. The molecule has 3 heteroatoms. The normalized spacial score (nSPS) is 9.82. The Labute approximate surface area is 66.8 Å². The van der Waals surface area contributed by atoms with Gasteiger partial charge in [0.1, 0.15) is 0 Å². The Morgan fingerprint density at radius 2 is 1.73 bits per heavy atom. The van der Waals surface area contributed by atoms with E-state index in [2.05, 4.69) is 26.0 Å². The Kier molecular flexibility index (Phi) is 2.32. The quantitative estimate of drug-likeness (QED) is 0.543. The smallest absolute Gasteiger partial charge is 0.429 e. The summed E-state index contributed by atoms with van der Waals surface area (Å²) in [5.74, 6) is 0. The fourth-order valence-electron chi connectivity index (χ4n) is 1.31. The van der Waals surface area contributed by atoms with E-state index in [1.165, 1.54) is 22.3 Å². The van der Waals surface area contributed by atoms with Crippen LogP contribution in [0.5, 0.6) is 0 Å². The number of rotatable bonds is 0. The van der Waals surface area contributed by atoms with Crippen LogP contribution in [0.4, 0.5) is 0 Å². The van der Waals surface area contributed by atoms with Gasteiger partial charge in [-0.15, -0.1) is 0 Å². The van der Waals surface area contributed by atoms with Gasteiger partial charge in [-0.1, -0.05) is 12.1 Å². The number of hydrogen-bond acceptors (Lipinski definition) is 2. The molecular weight excluding hydrogens is 139 g/mol. The zero-order valence-electron chi connectivity index (χ0n) is 6.63. The highest BCUT2D eigenvalue weighted by molar-refractivity contribution is 6.13. The maximum atomic E-state index is 7.00. The first kappa shape index (κ1) is 8.30. The molecule has 0 bridgehead atoms. The molecule has 0 aromatic heterocycles. The lowest BCUT2D eigenvalue weighted by Gasteiger charge is -1.74. The monoisotopic (exact) mass is 149 g/mol. The summed E-state index contributed by atoms with van der Waals surface area (Å²) < 4.78 is 0. The van der Waals surface area contributed by atoms with Gasteiger partial charge < -0.3 is 10.0 Å². The van der Waals surface area contributed by atoms with Gasteiger partial charge in [-0.25, -0.2) is 0 Å². The number of hydrogen-bond donors (Lipinski definition) is 2. The average Bonchev–Trinajstić information content (AvgIpc) is 2.37. The largest absolute Gasteiger partial charge is 0.482 e. The van der Waals surface area contributed by atoms with Crippen LogP contribution in [0.25, 0.3) is 11.1 Å². The van der Waals surface area contributed by atoms with Gasteiger partial charge in [0.2, 0.25) is 0 Å². The Morgan fingerprint density at radius 3 is 1.91 bits per heavy atom. The molecule has 0 unspecified atom stereocenters. The highest BCUT2D eigenvalue weighted by atomic mass is 16.4. The van der Waals surface area contributed by atoms with Gasteiger partial charge in [-0.05, 0) is 36.1 Å². The second-order valence-electron chi connectivity index (χ2n) is 2.55. The summed E-state index contributed by atoms with van der Waals surface area (Å²) in [5.41, 5.74) is 5.95. The van der Waals surface area contributed by atoms with Crippen LogP contribution in [-0.2, 0) is 0 Å². The first-order chi connectivity index (χ1) is 5.22. The van der Waals surface area contributed by atoms with E-state index in [9.17, 15) is 0 Å². The van der Waals surface area contributed by atoms with Crippen LogP contribution < -0.4 is 0 Å². The molecule has 0 amide bonds. The lowest BCUT2D eigenvalue weighted by atomic mass is 10.3. The SMILES string of the molecule is Cc1ccc2c(C)c1-2.O[B]O. The van der Waals surface area contributed by atoms with E-state index in [-0.39, 0.29) is 7.69 Å². The van der Waals surface area contributed by atoms with Crippen LogP contribution in [0.3, 0.4) is 0 Å². The van der Waals surface area contributed by atoms with E-state index in [1.54, 1.807) is 0 Å². The molecule has 2 N–H and O–H groups in total. The molecule has 0 heterocycles. The Balaban J connectivity index is 0.000000179. The highest BCUT2D eigenvalue weighted by Crippen LogP contribution is 2.44. The van der Waals surface area contributed by atoms with Crippen LogP contribution in [0.2, 0.25) is 0 Å². The van der Waals surface area contributed by atoms with Crippen molar-refractivity contribution in [2.24, 2.45) is 0 Å². The molecule has 0 aromatic carbocycles. The fraction of sp³-hybridized carbons (Fsp3) is 0.250. The van der Waals surface area contributed by atoms with E-state index in [4.69, 9.17) is 10.0 Å². The highest BCUT2D eigenvalue weighted by Gasteiger charge is 2.21. The molecule has 2 aliphatic carbocycles. The minimum absolute atomic E-state index is 0. The predicted molar refractivity (Wildman–Crippen MR) is 45.1 cm³/mol. The van der Waals surface area contributed by atoms with Crippen molar-refractivity contribution in [1.82, 2.24) is 0 Å². The summed E-state index contributed by atoms with van der Waals surface area (Å²) in [6.45, 7) is 4.34. The minimum atomic E-state index is 0.